The van der Waals surface area contributed by atoms with Gasteiger partial charge in [0, 0.05) is 37.3 Å². The van der Waals surface area contributed by atoms with E-state index >= 15 is 0 Å². The highest BCUT2D eigenvalue weighted by Gasteiger charge is 2.28. The molecule has 1 aliphatic heterocycles. The molecule has 0 atom stereocenters. The van der Waals surface area contributed by atoms with Gasteiger partial charge in [0.1, 0.15) is 0 Å². The lowest BCUT2D eigenvalue weighted by Gasteiger charge is -2.31. The second-order valence-corrected chi connectivity index (χ2v) is 6.04. The first kappa shape index (κ1) is 12.1. The van der Waals surface area contributed by atoms with Crippen LogP contribution < -0.4 is 0 Å². The van der Waals surface area contributed by atoms with Gasteiger partial charge in [0.05, 0.1) is 24.3 Å². The first-order valence-electron chi connectivity index (χ1n) is 7.53. The normalized spacial score (nSPS) is 21.4. The van der Waals surface area contributed by atoms with Gasteiger partial charge in [-0.05, 0) is 31.7 Å². The fourth-order valence-corrected chi connectivity index (χ4v) is 3.02. The summed E-state index contributed by atoms with van der Waals surface area (Å²) in [5.41, 5.74) is 2.46. The number of piperidine rings is 1. The Labute approximate surface area is 118 Å². The third kappa shape index (κ3) is 2.50. The molecule has 0 aromatic carbocycles. The van der Waals surface area contributed by atoms with E-state index in [1.54, 1.807) is 6.26 Å². The smallest absolute Gasteiger partial charge is 0.0947 e. The number of rotatable bonds is 4. The molecule has 0 bridgehead atoms. The molecule has 0 spiro atoms. The van der Waals surface area contributed by atoms with E-state index in [9.17, 15) is 0 Å². The summed E-state index contributed by atoms with van der Waals surface area (Å²) in [5.74, 6) is 0.699. The SMILES string of the molecule is c1cc(CN2CCC(n3cc(C4CC4)nn3)CC2)co1. The van der Waals surface area contributed by atoms with E-state index in [-0.39, 0.29) is 0 Å². The van der Waals surface area contributed by atoms with Crippen molar-refractivity contribution in [2.75, 3.05) is 13.1 Å². The van der Waals surface area contributed by atoms with Gasteiger partial charge in [-0.15, -0.1) is 5.10 Å². The van der Waals surface area contributed by atoms with Gasteiger partial charge in [-0.1, -0.05) is 5.21 Å². The van der Waals surface area contributed by atoms with Crippen molar-refractivity contribution in [1.82, 2.24) is 19.9 Å². The summed E-state index contributed by atoms with van der Waals surface area (Å²) in [6.07, 6.45) is 10.7. The minimum Gasteiger partial charge on any atom is -0.472 e. The summed E-state index contributed by atoms with van der Waals surface area (Å²) < 4.78 is 7.23. The van der Waals surface area contributed by atoms with Crippen molar-refractivity contribution < 1.29 is 4.42 Å². The van der Waals surface area contributed by atoms with Gasteiger partial charge in [-0.25, -0.2) is 4.68 Å². The van der Waals surface area contributed by atoms with Crippen LogP contribution in [-0.2, 0) is 6.54 Å². The molecule has 2 aliphatic rings. The summed E-state index contributed by atoms with van der Waals surface area (Å²) in [7, 11) is 0. The Hall–Kier alpha value is -1.62. The van der Waals surface area contributed by atoms with Crippen molar-refractivity contribution >= 4 is 0 Å². The third-order valence-electron chi connectivity index (χ3n) is 4.44. The number of hydrogen-bond donors (Lipinski definition) is 0. The molecule has 20 heavy (non-hydrogen) atoms. The highest BCUT2D eigenvalue weighted by atomic mass is 16.3. The molecule has 2 aromatic heterocycles. The van der Waals surface area contributed by atoms with E-state index in [2.05, 4.69) is 26.1 Å². The van der Waals surface area contributed by atoms with Gasteiger partial charge in [0.15, 0.2) is 0 Å². The van der Waals surface area contributed by atoms with Crippen molar-refractivity contribution in [2.24, 2.45) is 0 Å². The highest BCUT2D eigenvalue weighted by molar-refractivity contribution is 5.09. The van der Waals surface area contributed by atoms with E-state index in [1.165, 1.54) is 24.1 Å². The largest absolute Gasteiger partial charge is 0.472 e. The maximum Gasteiger partial charge on any atom is 0.0947 e. The van der Waals surface area contributed by atoms with Crippen LogP contribution in [0.4, 0.5) is 0 Å². The topological polar surface area (TPSA) is 47.1 Å². The van der Waals surface area contributed by atoms with Crippen molar-refractivity contribution in [3.63, 3.8) is 0 Å². The Morgan fingerprint density at radius 1 is 1.20 bits per heavy atom. The molecular formula is C15H20N4O. The summed E-state index contributed by atoms with van der Waals surface area (Å²) in [6, 6.07) is 2.57. The Kier molecular flexibility index (Phi) is 3.07. The Morgan fingerprint density at radius 2 is 2.05 bits per heavy atom. The van der Waals surface area contributed by atoms with E-state index in [0.717, 1.165) is 32.5 Å². The van der Waals surface area contributed by atoms with Crippen LogP contribution in [0.2, 0.25) is 0 Å². The molecule has 2 aromatic rings. The highest BCUT2D eigenvalue weighted by Crippen LogP contribution is 2.39. The average molecular weight is 272 g/mol. The minimum atomic E-state index is 0.524. The molecular weight excluding hydrogens is 252 g/mol. The summed E-state index contributed by atoms with van der Waals surface area (Å²) >= 11 is 0. The standard InChI is InChI=1S/C15H20N4O/c1-2-13(1)15-10-19(17-16-15)14-3-6-18(7-4-14)9-12-5-8-20-11-12/h5,8,10-11,13-14H,1-4,6-7,9H2. The molecule has 2 fully saturated rings. The summed E-state index contributed by atoms with van der Waals surface area (Å²) in [4.78, 5) is 2.49. The van der Waals surface area contributed by atoms with Gasteiger partial charge in [0.25, 0.3) is 0 Å². The number of aromatic nitrogens is 3. The Morgan fingerprint density at radius 3 is 2.75 bits per heavy atom. The first-order valence-corrected chi connectivity index (χ1v) is 7.53. The predicted octanol–water partition coefficient (Wildman–Crippen LogP) is 2.59. The van der Waals surface area contributed by atoms with Crippen LogP contribution >= 0.6 is 0 Å². The molecule has 0 unspecified atom stereocenters. The lowest BCUT2D eigenvalue weighted by molar-refractivity contribution is 0.172. The molecule has 1 aliphatic carbocycles. The van der Waals surface area contributed by atoms with E-state index < -0.39 is 0 Å². The third-order valence-corrected chi connectivity index (χ3v) is 4.44. The lowest BCUT2D eigenvalue weighted by Crippen LogP contribution is -2.34. The zero-order chi connectivity index (χ0) is 13.4. The van der Waals surface area contributed by atoms with Crippen LogP contribution in [-0.4, -0.2) is 33.0 Å². The second-order valence-electron chi connectivity index (χ2n) is 6.04. The van der Waals surface area contributed by atoms with Gasteiger partial charge < -0.3 is 4.42 Å². The zero-order valence-corrected chi connectivity index (χ0v) is 11.6. The maximum absolute atomic E-state index is 5.13. The average Bonchev–Trinajstić information content (AvgIpc) is 3.00. The van der Waals surface area contributed by atoms with Crippen molar-refractivity contribution in [2.45, 2.75) is 44.2 Å². The fraction of sp³-hybridized carbons (Fsp3) is 0.600. The van der Waals surface area contributed by atoms with Gasteiger partial charge in [0.2, 0.25) is 0 Å². The molecule has 1 saturated carbocycles. The lowest BCUT2D eigenvalue weighted by atomic mass is 10.0. The summed E-state index contributed by atoms with van der Waals surface area (Å²) in [6.45, 7) is 3.23. The van der Waals surface area contributed by atoms with Gasteiger partial charge >= 0.3 is 0 Å². The number of likely N-dealkylation sites (tertiary alicyclic amines) is 1. The quantitative estimate of drug-likeness (QED) is 0.858. The fourth-order valence-electron chi connectivity index (χ4n) is 3.02. The molecule has 0 radical (unpaired) electrons. The molecule has 3 heterocycles. The molecule has 0 N–H and O–H groups in total. The van der Waals surface area contributed by atoms with E-state index in [4.69, 9.17) is 4.42 Å². The minimum absolute atomic E-state index is 0.524. The predicted molar refractivity (Wildman–Crippen MR) is 74.3 cm³/mol. The molecule has 106 valence electrons. The van der Waals surface area contributed by atoms with Crippen molar-refractivity contribution in [3.8, 4) is 0 Å². The summed E-state index contributed by atoms with van der Waals surface area (Å²) in [5, 5.41) is 8.66. The molecule has 5 nitrogen and oxygen atoms in total. The number of hydrogen-bond acceptors (Lipinski definition) is 4. The second kappa shape index (κ2) is 5.05. The zero-order valence-electron chi connectivity index (χ0n) is 11.6. The first-order chi connectivity index (χ1) is 9.88. The monoisotopic (exact) mass is 272 g/mol. The van der Waals surface area contributed by atoms with Crippen LogP contribution in [0.25, 0.3) is 0 Å². The van der Waals surface area contributed by atoms with Crippen LogP contribution in [0.5, 0.6) is 0 Å². The van der Waals surface area contributed by atoms with Crippen LogP contribution in [0.1, 0.15) is 48.9 Å². The molecule has 1 saturated heterocycles. The van der Waals surface area contributed by atoms with Gasteiger partial charge in [-0.3, -0.25) is 4.90 Å². The van der Waals surface area contributed by atoms with Crippen LogP contribution in [0.15, 0.2) is 29.2 Å². The van der Waals surface area contributed by atoms with E-state index in [0.29, 0.717) is 12.0 Å². The maximum atomic E-state index is 5.13. The van der Waals surface area contributed by atoms with Crippen LogP contribution in [0.3, 0.4) is 0 Å². The van der Waals surface area contributed by atoms with Crippen molar-refractivity contribution in [3.05, 3.63) is 36.0 Å². The Bertz CT molecular complexity index is 550. The van der Waals surface area contributed by atoms with Crippen molar-refractivity contribution in [1.29, 1.82) is 0 Å². The van der Waals surface area contributed by atoms with Crippen LogP contribution in [0, 0.1) is 0 Å². The molecule has 5 heteroatoms. The number of nitrogens with zero attached hydrogens (tertiary/aromatic N) is 4. The Balaban J connectivity index is 1.34. The van der Waals surface area contributed by atoms with Gasteiger partial charge in [-0.2, -0.15) is 0 Å². The number of furan rings is 1. The molecule has 4 rings (SSSR count). The van der Waals surface area contributed by atoms with E-state index in [1.807, 2.05) is 12.3 Å². The molecule has 0 amide bonds.